The van der Waals surface area contributed by atoms with Crippen LogP contribution in [0.15, 0.2) is 29.8 Å². The van der Waals surface area contributed by atoms with Crippen LogP contribution in [0.5, 0.6) is 5.75 Å². The SMILES string of the molecule is CC(C)C(C)C1OC1C(C)(O)C1CCC2(O)C3=CC(=O)C45CC(O)C(O)CC4(C)C3CCC12CCc1cc(O)cc(c1)N1CCC2(C1=O)C(CO)CCCC2C(CCCO)SSC5O. The number of amides is 1. The fourth-order valence-corrected chi connectivity index (χ4v) is 19.3. The van der Waals surface area contributed by atoms with Gasteiger partial charge in [-0.2, -0.15) is 0 Å². The minimum absolute atomic E-state index is 0.0130. The van der Waals surface area contributed by atoms with Crippen LogP contribution in [-0.2, 0) is 20.7 Å². The van der Waals surface area contributed by atoms with Crippen molar-refractivity contribution in [3.8, 4) is 5.75 Å². The van der Waals surface area contributed by atoms with E-state index in [-0.39, 0.29) is 79.0 Å². The molecule has 64 heavy (non-hydrogen) atoms. The molecule has 0 radical (unpaired) electrons. The highest BCUT2D eigenvalue weighted by Gasteiger charge is 2.75. The Morgan fingerprint density at radius 2 is 1.70 bits per heavy atom. The van der Waals surface area contributed by atoms with Gasteiger partial charge in [0.05, 0.1) is 40.3 Å². The minimum atomic E-state index is -1.55. The van der Waals surface area contributed by atoms with Gasteiger partial charge in [0.25, 0.3) is 0 Å². The van der Waals surface area contributed by atoms with Crippen LogP contribution in [0, 0.1) is 57.2 Å². The van der Waals surface area contributed by atoms with Crippen molar-refractivity contribution in [1.82, 2.24) is 0 Å². The molecular formula is C50H73NO11S2. The number of aliphatic hydroxyl groups excluding tert-OH is 5. The van der Waals surface area contributed by atoms with Crippen LogP contribution in [0.3, 0.4) is 0 Å². The predicted octanol–water partition coefficient (Wildman–Crippen LogP) is 5.68. The molecular weight excluding hydrogens is 855 g/mol. The van der Waals surface area contributed by atoms with E-state index in [9.17, 15) is 40.9 Å². The average Bonchev–Trinajstić information content (AvgIpc) is 3.91. The van der Waals surface area contributed by atoms with E-state index in [0.29, 0.717) is 87.9 Å². The second-order valence-corrected chi connectivity index (χ2v) is 25.0. The highest BCUT2D eigenvalue weighted by molar-refractivity contribution is 8.77. The number of rotatable bonds is 8. The Balaban J connectivity index is 1.21. The van der Waals surface area contributed by atoms with Gasteiger partial charge >= 0.3 is 0 Å². The van der Waals surface area contributed by atoms with Gasteiger partial charge in [-0.15, -0.1) is 0 Å². The van der Waals surface area contributed by atoms with Gasteiger partial charge in [-0.3, -0.25) is 9.59 Å². The maximum atomic E-state index is 15.4. The Hall–Kier alpha value is -1.72. The number of carbonyl (C=O) groups excluding carboxylic acids is 2. The summed E-state index contributed by atoms with van der Waals surface area (Å²) < 4.78 is 6.34. The van der Waals surface area contributed by atoms with Gasteiger partial charge in [-0.05, 0) is 161 Å². The Morgan fingerprint density at radius 3 is 2.42 bits per heavy atom. The van der Waals surface area contributed by atoms with Crippen molar-refractivity contribution in [2.45, 2.75) is 171 Å². The molecule has 0 aromatic heterocycles. The number of phenolic OH excluding ortho intramolecular Hbond substituents is 1. The number of allylic oxidation sites excluding steroid dienone is 1. The molecule has 4 saturated carbocycles. The average molecular weight is 928 g/mol. The van der Waals surface area contributed by atoms with Crippen molar-refractivity contribution in [2.24, 2.45) is 57.2 Å². The molecule has 6 fully saturated rings. The second kappa shape index (κ2) is 16.8. The molecule has 356 valence electrons. The molecule has 1 aromatic carbocycles. The summed E-state index contributed by atoms with van der Waals surface area (Å²) in [6.45, 7) is 10.4. The van der Waals surface area contributed by atoms with Crippen molar-refractivity contribution in [1.29, 1.82) is 0 Å². The van der Waals surface area contributed by atoms with Gasteiger partial charge < -0.3 is 50.5 Å². The number of hydrogen-bond donors (Lipinski definition) is 8. The van der Waals surface area contributed by atoms with Crippen LogP contribution in [-0.4, -0.2) is 119 Å². The molecule has 10 aliphatic rings. The number of nitrogens with zero attached hydrogens (tertiary/aromatic N) is 1. The fraction of sp³-hybridized carbons (Fsp3) is 0.800. The summed E-state index contributed by atoms with van der Waals surface area (Å²) >= 11 is 0. The summed E-state index contributed by atoms with van der Waals surface area (Å²) in [5.74, 6) is -1.37. The van der Waals surface area contributed by atoms with Crippen molar-refractivity contribution in [3.63, 3.8) is 0 Å². The summed E-state index contributed by atoms with van der Waals surface area (Å²) in [7, 11) is 2.60. The molecule has 2 saturated heterocycles. The molecule has 5 aliphatic heterocycles. The van der Waals surface area contributed by atoms with Crippen molar-refractivity contribution in [3.05, 3.63) is 35.4 Å². The molecule has 8 N–H and O–H groups in total. The first kappa shape index (κ1) is 47.4. The largest absolute Gasteiger partial charge is 0.508 e. The minimum Gasteiger partial charge on any atom is -0.508 e. The zero-order valence-electron chi connectivity index (χ0n) is 38.3. The highest BCUT2D eigenvalue weighted by Crippen LogP contribution is 2.74. The summed E-state index contributed by atoms with van der Waals surface area (Å²) in [6, 6.07) is 5.30. The van der Waals surface area contributed by atoms with Crippen LogP contribution < -0.4 is 4.90 Å². The Kier molecular flexibility index (Phi) is 12.4. The van der Waals surface area contributed by atoms with Crippen molar-refractivity contribution in [2.75, 3.05) is 24.7 Å². The molecule has 1 amide bonds. The monoisotopic (exact) mass is 927 g/mol. The summed E-state index contributed by atoms with van der Waals surface area (Å²) in [6.07, 6.45) is 4.64. The van der Waals surface area contributed by atoms with Gasteiger partial charge in [0.2, 0.25) is 5.91 Å². The van der Waals surface area contributed by atoms with Gasteiger partial charge in [-0.1, -0.05) is 55.7 Å². The number of benzene rings is 1. The lowest BCUT2D eigenvalue weighted by molar-refractivity contribution is -0.198. The third kappa shape index (κ3) is 6.74. The van der Waals surface area contributed by atoms with Crippen LogP contribution >= 0.6 is 21.6 Å². The molecule has 5 heterocycles. The number of anilines is 1. The predicted molar refractivity (Wildman–Crippen MR) is 246 cm³/mol. The lowest BCUT2D eigenvalue weighted by atomic mass is 9.40. The number of phenols is 1. The molecule has 17 atom stereocenters. The Labute approximate surface area is 386 Å². The molecule has 8 bridgehead atoms. The lowest BCUT2D eigenvalue weighted by Gasteiger charge is -2.65. The molecule has 1 aromatic rings. The molecule has 12 nitrogen and oxygen atoms in total. The number of aliphatic hydroxyl groups is 7. The number of aromatic hydroxyl groups is 1. The highest BCUT2D eigenvalue weighted by atomic mass is 33.1. The van der Waals surface area contributed by atoms with E-state index in [4.69, 9.17) is 4.74 Å². The number of ether oxygens (including phenoxy) is 1. The zero-order valence-corrected chi connectivity index (χ0v) is 40.0. The topological polar surface area (TPSA) is 212 Å². The second-order valence-electron chi connectivity index (χ2n) is 22.4. The van der Waals surface area contributed by atoms with Crippen molar-refractivity contribution < 1.29 is 55.2 Å². The third-order valence-electron chi connectivity index (χ3n) is 19.5. The number of carbonyl (C=O) groups is 2. The van der Waals surface area contributed by atoms with Crippen LogP contribution in [0.4, 0.5) is 5.69 Å². The summed E-state index contributed by atoms with van der Waals surface area (Å²) in [5, 5.41) is 94.6. The number of aryl methyl sites for hydroxylation is 1. The number of ketones is 1. The van der Waals surface area contributed by atoms with Crippen LogP contribution in [0.1, 0.15) is 124 Å². The molecule has 14 heteroatoms. The zero-order chi connectivity index (χ0) is 45.9. The lowest BCUT2D eigenvalue weighted by Crippen LogP contribution is -2.68. The van der Waals surface area contributed by atoms with E-state index in [1.54, 1.807) is 23.1 Å². The van der Waals surface area contributed by atoms with Gasteiger partial charge in [0, 0.05) is 42.2 Å². The normalized spacial score (nSPS) is 45.8. The number of hydrogen-bond acceptors (Lipinski definition) is 13. The maximum absolute atomic E-state index is 15.4. The van der Waals surface area contributed by atoms with E-state index in [2.05, 4.69) is 20.8 Å². The van der Waals surface area contributed by atoms with E-state index >= 15 is 9.59 Å². The van der Waals surface area contributed by atoms with Gasteiger partial charge in [0.15, 0.2) is 5.78 Å². The smallest absolute Gasteiger partial charge is 0.233 e. The first-order chi connectivity index (χ1) is 30.3. The third-order valence-corrected chi connectivity index (χ3v) is 22.6. The van der Waals surface area contributed by atoms with E-state index in [0.717, 1.165) is 12.0 Å². The van der Waals surface area contributed by atoms with Crippen LogP contribution in [0.2, 0.25) is 0 Å². The standard InChI is InChI=1S/C50H73NO11S2/c1-27(2)28(3)41-42(62-41)46(5,60)39-13-16-50(61)35-23-40(57)49-25-37(56)36(55)24-45(49,4)33(35)12-15-47(39,50)14-11-29-20-31(22-32(54)21-29)51-18-17-48(43(51)58)30(26-53)8-6-9-34(48)38(10-7-19-52)63-64-44(49)59/h20-23,27-28,30,33-34,36-39,41-42,44,52-56,59-61H,6-19,24-26H2,1-5H3. The summed E-state index contributed by atoms with van der Waals surface area (Å²) in [4.78, 5) is 32.5. The van der Waals surface area contributed by atoms with E-state index in [1.807, 2.05) is 19.9 Å². The number of epoxide rings is 1. The van der Waals surface area contributed by atoms with E-state index < -0.39 is 68.4 Å². The first-order valence-corrected chi connectivity index (χ1v) is 26.6. The van der Waals surface area contributed by atoms with Gasteiger partial charge in [-0.25, -0.2) is 0 Å². The first-order valence-electron chi connectivity index (χ1n) is 24.4. The molecule has 11 rings (SSSR count). The molecule has 17 unspecified atom stereocenters. The van der Waals surface area contributed by atoms with Crippen LogP contribution in [0.25, 0.3) is 0 Å². The Bertz CT molecular complexity index is 2020. The quantitative estimate of drug-likeness (QED) is 0.117. The summed E-state index contributed by atoms with van der Waals surface area (Å²) in [5.41, 5.74) is -6.80. The Morgan fingerprint density at radius 1 is 0.953 bits per heavy atom. The molecule has 5 aliphatic carbocycles. The molecule has 3 spiro atoms. The van der Waals surface area contributed by atoms with Gasteiger partial charge in [0.1, 0.15) is 17.3 Å². The number of fused-ring (bicyclic) bond motifs is 2. The fourth-order valence-electron chi connectivity index (χ4n) is 15.7. The maximum Gasteiger partial charge on any atom is 0.233 e. The van der Waals surface area contributed by atoms with Crippen molar-refractivity contribution >= 4 is 39.0 Å². The van der Waals surface area contributed by atoms with E-state index in [1.165, 1.54) is 21.6 Å².